The highest BCUT2D eigenvalue weighted by Crippen LogP contribution is 2.29. The predicted molar refractivity (Wildman–Crippen MR) is 112 cm³/mol. The molecular weight excluding hydrogens is 394 g/mol. The maximum absolute atomic E-state index is 12.6. The minimum atomic E-state index is -0.139. The predicted octanol–water partition coefficient (Wildman–Crippen LogP) is 2.75. The monoisotopic (exact) mass is 417 g/mol. The van der Waals surface area contributed by atoms with Crippen molar-refractivity contribution in [3.05, 3.63) is 53.1 Å². The number of amides is 2. The molecule has 0 atom stereocenters. The third-order valence-electron chi connectivity index (χ3n) is 4.81. The van der Waals surface area contributed by atoms with E-state index in [0.29, 0.717) is 54.0 Å². The quantitative estimate of drug-likeness (QED) is 0.782. The van der Waals surface area contributed by atoms with E-state index < -0.39 is 0 Å². The van der Waals surface area contributed by atoms with E-state index in [2.05, 4.69) is 5.32 Å². The second kappa shape index (κ2) is 9.62. The largest absolute Gasteiger partial charge is 0.497 e. The number of hydrogen-bond acceptors (Lipinski definition) is 5. The van der Waals surface area contributed by atoms with Crippen molar-refractivity contribution in [2.45, 2.75) is 0 Å². The minimum absolute atomic E-state index is 0.0809. The van der Waals surface area contributed by atoms with Gasteiger partial charge in [0.25, 0.3) is 5.91 Å². The van der Waals surface area contributed by atoms with Crippen LogP contribution in [0.2, 0.25) is 5.02 Å². The summed E-state index contributed by atoms with van der Waals surface area (Å²) in [6, 6.07) is 12.3. The first-order chi connectivity index (χ1) is 14.0. The Morgan fingerprint density at radius 2 is 1.76 bits per heavy atom. The lowest BCUT2D eigenvalue weighted by Crippen LogP contribution is -2.50. The highest BCUT2D eigenvalue weighted by atomic mass is 35.5. The number of carbonyl (C=O) groups is 2. The highest BCUT2D eigenvalue weighted by Gasteiger charge is 2.24. The normalized spacial score (nSPS) is 14.4. The molecule has 1 fully saturated rings. The van der Waals surface area contributed by atoms with Crippen LogP contribution in [0.15, 0.2) is 42.5 Å². The summed E-state index contributed by atoms with van der Waals surface area (Å²) in [6.07, 6.45) is 0. The van der Waals surface area contributed by atoms with Gasteiger partial charge in [-0.3, -0.25) is 14.5 Å². The van der Waals surface area contributed by atoms with Gasteiger partial charge in [-0.05, 0) is 24.3 Å². The fourth-order valence-electron chi connectivity index (χ4n) is 3.21. The average Bonchev–Trinajstić information content (AvgIpc) is 2.74. The molecule has 3 rings (SSSR count). The van der Waals surface area contributed by atoms with Crippen molar-refractivity contribution in [3.8, 4) is 11.5 Å². The van der Waals surface area contributed by atoms with Gasteiger partial charge in [-0.2, -0.15) is 0 Å². The number of hydrogen-bond donors (Lipinski definition) is 1. The van der Waals surface area contributed by atoms with Crippen LogP contribution in [0.4, 0.5) is 5.69 Å². The van der Waals surface area contributed by atoms with E-state index in [1.807, 2.05) is 4.90 Å². The summed E-state index contributed by atoms with van der Waals surface area (Å²) in [7, 11) is 3.11. The first-order valence-electron chi connectivity index (χ1n) is 9.30. The van der Waals surface area contributed by atoms with Crippen LogP contribution in [-0.2, 0) is 4.79 Å². The molecule has 1 saturated heterocycles. The van der Waals surface area contributed by atoms with Gasteiger partial charge in [0.15, 0.2) is 0 Å². The van der Waals surface area contributed by atoms with Gasteiger partial charge in [-0.25, -0.2) is 0 Å². The maximum Gasteiger partial charge on any atom is 0.255 e. The molecule has 8 heteroatoms. The first kappa shape index (κ1) is 21.0. The topological polar surface area (TPSA) is 71.1 Å². The maximum atomic E-state index is 12.6. The van der Waals surface area contributed by atoms with E-state index in [9.17, 15) is 9.59 Å². The zero-order valence-electron chi connectivity index (χ0n) is 16.5. The van der Waals surface area contributed by atoms with Gasteiger partial charge in [-0.1, -0.05) is 23.7 Å². The molecular formula is C21H24ClN3O4. The van der Waals surface area contributed by atoms with Crippen LogP contribution in [0.25, 0.3) is 0 Å². The van der Waals surface area contributed by atoms with Crippen LogP contribution < -0.4 is 14.8 Å². The van der Waals surface area contributed by atoms with Crippen LogP contribution in [0.1, 0.15) is 10.4 Å². The SMILES string of the molecule is COc1ccc(NC(=O)CN2CCN(C(=O)c3ccccc3Cl)CC2)c(OC)c1. The van der Waals surface area contributed by atoms with E-state index >= 15 is 0 Å². The van der Waals surface area contributed by atoms with E-state index in [1.165, 1.54) is 0 Å². The Morgan fingerprint density at radius 3 is 2.41 bits per heavy atom. The smallest absolute Gasteiger partial charge is 0.255 e. The fraction of sp³-hybridized carbons (Fsp3) is 0.333. The molecule has 0 bridgehead atoms. The van der Waals surface area contributed by atoms with Crippen molar-refractivity contribution in [2.75, 3.05) is 52.3 Å². The number of halogens is 1. The molecule has 0 aliphatic carbocycles. The minimum Gasteiger partial charge on any atom is -0.497 e. The van der Waals surface area contributed by atoms with Gasteiger partial charge in [-0.15, -0.1) is 0 Å². The Balaban J connectivity index is 1.52. The van der Waals surface area contributed by atoms with Crippen molar-refractivity contribution < 1.29 is 19.1 Å². The second-order valence-electron chi connectivity index (χ2n) is 6.66. The molecule has 0 saturated carbocycles. The van der Waals surface area contributed by atoms with Crippen LogP contribution in [0, 0.1) is 0 Å². The summed E-state index contributed by atoms with van der Waals surface area (Å²) in [4.78, 5) is 28.9. The Hall–Kier alpha value is -2.77. The van der Waals surface area contributed by atoms with Gasteiger partial charge >= 0.3 is 0 Å². The van der Waals surface area contributed by atoms with Crippen molar-refractivity contribution >= 4 is 29.1 Å². The van der Waals surface area contributed by atoms with Crippen molar-refractivity contribution in [1.82, 2.24) is 9.80 Å². The van der Waals surface area contributed by atoms with E-state index in [-0.39, 0.29) is 18.4 Å². The number of benzene rings is 2. The number of piperazine rings is 1. The van der Waals surface area contributed by atoms with Gasteiger partial charge in [0.2, 0.25) is 5.91 Å². The van der Waals surface area contributed by atoms with E-state index in [0.717, 1.165) is 0 Å². The zero-order valence-corrected chi connectivity index (χ0v) is 17.2. The number of carbonyl (C=O) groups excluding carboxylic acids is 2. The first-order valence-corrected chi connectivity index (χ1v) is 9.67. The van der Waals surface area contributed by atoms with E-state index in [1.54, 1.807) is 61.6 Å². The molecule has 1 heterocycles. The summed E-state index contributed by atoms with van der Waals surface area (Å²) >= 11 is 6.13. The Kier molecular flexibility index (Phi) is 6.95. The van der Waals surface area contributed by atoms with Crippen molar-refractivity contribution in [2.24, 2.45) is 0 Å². The molecule has 29 heavy (non-hydrogen) atoms. The van der Waals surface area contributed by atoms with Crippen molar-refractivity contribution in [3.63, 3.8) is 0 Å². The highest BCUT2D eigenvalue weighted by molar-refractivity contribution is 6.33. The molecule has 1 N–H and O–H groups in total. The van der Waals surface area contributed by atoms with Crippen molar-refractivity contribution in [1.29, 1.82) is 0 Å². The number of rotatable bonds is 6. The molecule has 0 aromatic heterocycles. The Morgan fingerprint density at radius 1 is 1.03 bits per heavy atom. The Labute approximate surface area is 175 Å². The number of anilines is 1. The number of nitrogens with zero attached hydrogens (tertiary/aromatic N) is 2. The molecule has 7 nitrogen and oxygen atoms in total. The molecule has 0 unspecified atom stereocenters. The van der Waals surface area contributed by atoms with Crippen LogP contribution >= 0.6 is 11.6 Å². The van der Waals surface area contributed by atoms with Gasteiger partial charge in [0, 0.05) is 32.2 Å². The Bertz CT molecular complexity index is 882. The summed E-state index contributed by atoms with van der Waals surface area (Å²) in [5.74, 6) is 0.967. The lowest BCUT2D eigenvalue weighted by Gasteiger charge is -2.34. The van der Waals surface area contributed by atoms with Gasteiger partial charge < -0.3 is 19.7 Å². The fourth-order valence-corrected chi connectivity index (χ4v) is 3.43. The molecule has 2 aromatic carbocycles. The summed E-state index contributed by atoms with van der Waals surface area (Å²) in [5, 5.41) is 3.32. The van der Waals surface area contributed by atoms with E-state index in [4.69, 9.17) is 21.1 Å². The zero-order chi connectivity index (χ0) is 20.8. The third-order valence-corrected chi connectivity index (χ3v) is 5.14. The molecule has 2 aromatic rings. The molecule has 1 aliphatic heterocycles. The van der Waals surface area contributed by atoms with Gasteiger partial charge in [0.05, 0.1) is 37.0 Å². The summed E-state index contributed by atoms with van der Waals surface area (Å²) in [6.45, 7) is 2.56. The summed E-state index contributed by atoms with van der Waals surface area (Å²) in [5.41, 5.74) is 1.10. The van der Waals surface area contributed by atoms with Crippen LogP contribution in [0.3, 0.4) is 0 Å². The average molecular weight is 418 g/mol. The van der Waals surface area contributed by atoms with Gasteiger partial charge in [0.1, 0.15) is 11.5 Å². The number of ether oxygens (including phenoxy) is 2. The van der Waals surface area contributed by atoms with Crippen LogP contribution in [0.5, 0.6) is 11.5 Å². The standard InChI is InChI=1S/C21H24ClN3O4/c1-28-15-7-8-18(19(13-15)29-2)23-20(26)14-24-9-11-25(12-10-24)21(27)16-5-3-4-6-17(16)22/h3-8,13H,9-12,14H2,1-2H3,(H,23,26). The molecule has 2 amide bonds. The lowest BCUT2D eigenvalue weighted by atomic mass is 10.2. The summed E-state index contributed by atoms with van der Waals surface area (Å²) < 4.78 is 10.5. The number of methoxy groups -OCH3 is 2. The number of nitrogens with one attached hydrogen (secondary N) is 1. The molecule has 0 radical (unpaired) electrons. The third kappa shape index (κ3) is 5.19. The molecule has 1 aliphatic rings. The van der Waals surface area contributed by atoms with Crippen LogP contribution in [-0.4, -0.2) is 68.6 Å². The lowest BCUT2D eigenvalue weighted by molar-refractivity contribution is -0.117. The second-order valence-corrected chi connectivity index (χ2v) is 7.07. The molecule has 154 valence electrons. The molecule has 0 spiro atoms.